The molecule has 0 unspecified atom stereocenters. The lowest BCUT2D eigenvalue weighted by molar-refractivity contribution is 0.638. The first-order valence-electron chi connectivity index (χ1n) is 7.24. The Balaban J connectivity index is 2.02. The van der Waals surface area contributed by atoms with Gasteiger partial charge in [0, 0.05) is 30.1 Å². The maximum atomic E-state index is 2.38. The Kier molecular flexibility index (Phi) is 3.50. The van der Waals surface area contributed by atoms with E-state index in [0.717, 1.165) is 0 Å². The van der Waals surface area contributed by atoms with Gasteiger partial charge < -0.3 is 4.90 Å². The number of benzene rings is 1. The summed E-state index contributed by atoms with van der Waals surface area (Å²) >= 11 is 1.81. The predicted octanol–water partition coefficient (Wildman–Crippen LogP) is 5.32. The molecule has 0 N–H and O–H groups in total. The number of nitrogens with zero attached hydrogens (tertiary/aromatic N) is 1. The highest BCUT2D eigenvalue weighted by Crippen LogP contribution is 2.44. The van der Waals surface area contributed by atoms with Crippen molar-refractivity contribution in [1.82, 2.24) is 0 Å². The van der Waals surface area contributed by atoms with E-state index in [2.05, 4.69) is 86.8 Å². The van der Waals surface area contributed by atoms with Crippen LogP contribution in [0, 0.1) is 5.41 Å². The molecular weight excluding hydrogens is 274 g/mol. The van der Waals surface area contributed by atoms with Gasteiger partial charge in [-0.15, -0.1) is 11.3 Å². The van der Waals surface area contributed by atoms with Crippen LogP contribution in [0.3, 0.4) is 0 Å². The Hall–Kier alpha value is -1.80. The lowest BCUT2D eigenvalue weighted by Gasteiger charge is -2.14. The summed E-state index contributed by atoms with van der Waals surface area (Å²) in [5.41, 5.74) is 5.37. The third-order valence-corrected chi connectivity index (χ3v) is 4.71. The molecule has 0 amide bonds. The van der Waals surface area contributed by atoms with E-state index in [0.29, 0.717) is 0 Å². The minimum absolute atomic E-state index is 0.120. The summed E-state index contributed by atoms with van der Waals surface area (Å²) in [5.74, 6) is 0. The number of allylic oxidation sites excluding steroid dienone is 4. The van der Waals surface area contributed by atoms with Gasteiger partial charge in [0.25, 0.3) is 0 Å². The molecule has 0 aliphatic heterocycles. The van der Waals surface area contributed by atoms with Crippen molar-refractivity contribution < 1.29 is 0 Å². The van der Waals surface area contributed by atoms with Gasteiger partial charge in [-0.25, -0.2) is 0 Å². The molecule has 0 bridgehead atoms. The predicted molar refractivity (Wildman–Crippen MR) is 94.8 cm³/mol. The normalized spacial score (nSPS) is 16.6. The molecule has 1 aromatic carbocycles. The highest BCUT2D eigenvalue weighted by molar-refractivity contribution is 7.11. The van der Waals surface area contributed by atoms with E-state index >= 15 is 0 Å². The topological polar surface area (TPSA) is 3.24 Å². The number of rotatable bonds is 3. The van der Waals surface area contributed by atoms with Gasteiger partial charge in [-0.1, -0.05) is 44.2 Å². The Morgan fingerprint density at radius 1 is 0.905 bits per heavy atom. The van der Waals surface area contributed by atoms with Crippen LogP contribution in [0.25, 0.3) is 11.1 Å². The summed E-state index contributed by atoms with van der Waals surface area (Å²) in [5, 5.41) is 2.15. The average molecular weight is 295 g/mol. The van der Waals surface area contributed by atoms with Crippen LogP contribution in [-0.4, -0.2) is 14.1 Å². The molecule has 3 rings (SSSR count). The maximum absolute atomic E-state index is 2.38. The SMILES string of the molecule is CN(C)c1ccc(C2=CC(C)(C)C=C2c2cccs2)cc1. The van der Waals surface area contributed by atoms with Gasteiger partial charge in [0.2, 0.25) is 0 Å². The van der Waals surface area contributed by atoms with E-state index in [-0.39, 0.29) is 5.41 Å². The second-order valence-corrected chi connectivity index (χ2v) is 7.30. The monoisotopic (exact) mass is 295 g/mol. The minimum atomic E-state index is 0.120. The van der Waals surface area contributed by atoms with Gasteiger partial charge >= 0.3 is 0 Å². The van der Waals surface area contributed by atoms with Crippen molar-refractivity contribution in [2.24, 2.45) is 5.41 Å². The van der Waals surface area contributed by atoms with E-state index in [1.54, 1.807) is 0 Å². The molecule has 1 aromatic heterocycles. The molecular formula is C19H21NS. The van der Waals surface area contributed by atoms with Gasteiger partial charge in [0.1, 0.15) is 0 Å². The lowest BCUT2D eigenvalue weighted by Crippen LogP contribution is -2.08. The van der Waals surface area contributed by atoms with E-state index in [1.807, 2.05) is 11.3 Å². The zero-order valence-electron chi connectivity index (χ0n) is 13.1. The fourth-order valence-electron chi connectivity index (χ4n) is 2.75. The summed E-state index contributed by atoms with van der Waals surface area (Å²) < 4.78 is 0. The molecule has 0 fully saturated rings. The van der Waals surface area contributed by atoms with Crippen molar-refractivity contribution in [2.45, 2.75) is 13.8 Å². The molecule has 1 aliphatic carbocycles. The first-order valence-corrected chi connectivity index (χ1v) is 8.12. The molecule has 21 heavy (non-hydrogen) atoms. The van der Waals surface area contributed by atoms with E-state index in [9.17, 15) is 0 Å². The lowest BCUT2D eigenvalue weighted by atomic mass is 9.95. The number of thiophene rings is 1. The molecule has 0 atom stereocenters. The summed E-state index contributed by atoms with van der Waals surface area (Å²) in [6, 6.07) is 13.2. The molecule has 0 spiro atoms. The second kappa shape index (κ2) is 5.19. The Bertz CT molecular complexity index is 686. The molecule has 0 saturated heterocycles. The van der Waals surface area contributed by atoms with Gasteiger partial charge in [-0.05, 0) is 40.3 Å². The maximum Gasteiger partial charge on any atom is 0.0361 e. The standard InChI is InChI=1S/C19H21NS/c1-19(2)12-16(17(13-19)18-6-5-11-21-18)14-7-9-15(10-8-14)20(3)4/h5-13H,1-4H3. The number of hydrogen-bond acceptors (Lipinski definition) is 2. The first-order chi connectivity index (χ1) is 9.96. The number of anilines is 1. The van der Waals surface area contributed by atoms with Gasteiger partial charge in [-0.3, -0.25) is 0 Å². The summed E-state index contributed by atoms with van der Waals surface area (Å²) in [4.78, 5) is 3.48. The molecule has 0 saturated carbocycles. The zero-order valence-corrected chi connectivity index (χ0v) is 13.9. The van der Waals surface area contributed by atoms with Gasteiger partial charge in [-0.2, -0.15) is 0 Å². The van der Waals surface area contributed by atoms with E-state index < -0.39 is 0 Å². The van der Waals surface area contributed by atoms with Crippen LogP contribution < -0.4 is 4.90 Å². The molecule has 2 heteroatoms. The fraction of sp³-hybridized carbons (Fsp3) is 0.263. The first kappa shape index (κ1) is 14.2. The fourth-order valence-corrected chi connectivity index (χ4v) is 3.51. The van der Waals surface area contributed by atoms with Crippen LogP contribution in [0.1, 0.15) is 24.3 Å². The molecule has 2 aromatic rings. The average Bonchev–Trinajstić information content (AvgIpc) is 3.06. The van der Waals surface area contributed by atoms with Crippen molar-refractivity contribution in [3.8, 4) is 0 Å². The van der Waals surface area contributed by atoms with Crippen LogP contribution >= 0.6 is 11.3 Å². The van der Waals surface area contributed by atoms with Gasteiger partial charge in [0.05, 0.1) is 0 Å². The summed E-state index contributed by atoms with van der Waals surface area (Å²) in [6.45, 7) is 4.53. The quantitative estimate of drug-likeness (QED) is 0.740. The van der Waals surface area contributed by atoms with Crippen LogP contribution in [0.2, 0.25) is 0 Å². The Morgan fingerprint density at radius 3 is 2.14 bits per heavy atom. The highest BCUT2D eigenvalue weighted by atomic mass is 32.1. The van der Waals surface area contributed by atoms with E-state index in [4.69, 9.17) is 0 Å². The zero-order chi connectivity index (χ0) is 15.0. The molecule has 1 aliphatic rings. The van der Waals surface area contributed by atoms with Crippen LogP contribution in [0.15, 0.2) is 53.9 Å². The van der Waals surface area contributed by atoms with E-state index in [1.165, 1.54) is 27.3 Å². The van der Waals surface area contributed by atoms with Crippen molar-refractivity contribution in [3.05, 3.63) is 64.4 Å². The molecule has 1 nitrogen and oxygen atoms in total. The molecule has 1 heterocycles. The smallest absolute Gasteiger partial charge is 0.0361 e. The van der Waals surface area contributed by atoms with Crippen LogP contribution in [0.5, 0.6) is 0 Å². The van der Waals surface area contributed by atoms with Gasteiger partial charge in [0.15, 0.2) is 0 Å². The van der Waals surface area contributed by atoms with Crippen molar-refractivity contribution >= 4 is 28.2 Å². The number of hydrogen-bond donors (Lipinski definition) is 0. The summed E-state index contributed by atoms with van der Waals surface area (Å²) in [6.07, 6.45) is 4.76. The van der Waals surface area contributed by atoms with Crippen molar-refractivity contribution in [1.29, 1.82) is 0 Å². The molecule has 0 radical (unpaired) electrons. The largest absolute Gasteiger partial charge is 0.378 e. The summed E-state index contributed by atoms with van der Waals surface area (Å²) in [7, 11) is 4.15. The van der Waals surface area contributed by atoms with Crippen LogP contribution in [-0.2, 0) is 0 Å². The molecule has 108 valence electrons. The highest BCUT2D eigenvalue weighted by Gasteiger charge is 2.25. The Morgan fingerprint density at radius 2 is 1.57 bits per heavy atom. The minimum Gasteiger partial charge on any atom is -0.378 e. The van der Waals surface area contributed by atoms with Crippen LogP contribution in [0.4, 0.5) is 5.69 Å². The second-order valence-electron chi connectivity index (χ2n) is 6.36. The third-order valence-electron chi connectivity index (χ3n) is 3.80. The van der Waals surface area contributed by atoms with Crippen molar-refractivity contribution in [2.75, 3.05) is 19.0 Å². The third kappa shape index (κ3) is 2.81. The Labute approximate surface area is 131 Å². The van der Waals surface area contributed by atoms with Crippen molar-refractivity contribution in [3.63, 3.8) is 0 Å².